The summed E-state index contributed by atoms with van der Waals surface area (Å²) < 4.78 is 12.9. The average molecular weight is 183 g/mol. The third-order valence-corrected chi connectivity index (χ3v) is 1.75. The fourth-order valence-corrected chi connectivity index (χ4v) is 0.990. The van der Waals surface area contributed by atoms with Crippen molar-refractivity contribution in [1.29, 1.82) is 0 Å². The third-order valence-electron chi connectivity index (χ3n) is 1.75. The molecule has 0 saturated heterocycles. The van der Waals surface area contributed by atoms with Gasteiger partial charge in [0.2, 0.25) is 0 Å². The molecule has 3 nitrogen and oxygen atoms in total. The summed E-state index contributed by atoms with van der Waals surface area (Å²) in [5.74, 6) is -2.02. The van der Waals surface area contributed by atoms with E-state index >= 15 is 0 Å². The van der Waals surface area contributed by atoms with Crippen LogP contribution in [0.25, 0.3) is 0 Å². The maximum absolute atomic E-state index is 12.9. The molecule has 0 aliphatic carbocycles. The molecule has 0 radical (unpaired) electrons. The zero-order chi connectivity index (χ0) is 10.0. The fraction of sp³-hybridized carbons (Fsp3) is 0.222. The Morgan fingerprint density at radius 3 is 2.69 bits per heavy atom. The molecule has 4 heteroatoms. The lowest BCUT2D eigenvalue weighted by Crippen LogP contribution is -2.08. The van der Waals surface area contributed by atoms with Crippen LogP contribution in [0.2, 0.25) is 0 Å². The molecule has 70 valence electrons. The summed E-state index contributed by atoms with van der Waals surface area (Å²) in [6.45, 7) is 1.71. The van der Waals surface area contributed by atoms with Crippen molar-refractivity contribution < 1.29 is 14.3 Å². The predicted octanol–water partition coefficient (Wildman–Crippen LogP) is 1.54. The van der Waals surface area contributed by atoms with Gasteiger partial charge in [-0.05, 0) is 24.6 Å². The molecule has 1 unspecified atom stereocenters. The minimum atomic E-state index is -1.28. The van der Waals surface area contributed by atoms with Crippen LogP contribution in [0.15, 0.2) is 18.2 Å². The van der Waals surface area contributed by atoms with Crippen LogP contribution in [0, 0.1) is 5.82 Å². The summed E-state index contributed by atoms with van der Waals surface area (Å²) in [5.41, 5.74) is 5.79. The Hall–Kier alpha value is -1.42. The van der Waals surface area contributed by atoms with E-state index in [1.807, 2.05) is 0 Å². The van der Waals surface area contributed by atoms with Crippen molar-refractivity contribution in [3.05, 3.63) is 35.1 Å². The molecule has 0 saturated carbocycles. The van der Waals surface area contributed by atoms with Gasteiger partial charge >= 0.3 is 5.97 Å². The Morgan fingerprint density at radius 1 is 1.62 bits per heavy atom. The maximum Gasteiger partial charge on any atom is 0.338 e. The van der Waals surface area contributed by atoms with Gasteiger partial charge in [0.05, 0.1) is 5.56 Å². The summed E-state index contributed by atoms with van der Waals surface area (Å²) in [5, 5.41) is 8.59. The van der Waals surface area contributed by atoms with Gasteiger partial charge in [0.25, 0.3) is 0 Å². The molecule has 1 aromatic rings. The lowest BCUT2D eigenvalue weighted by Gasteiger charge is -2.06. The molecule has 1 atom stereocenters. The quantitative estimate of drug-likeness (QED) is 0.731. The molecular weight excluding hydrogens is 173 g/mol. The van der Waals surface area contributed by atoms with Crippen molar-refractivity contribution in [1.82, 2.24) is 0 Å². The molecule has 0 aliphatic rings. The Labute approximate surface area is 75.0 Å². The van der Waals surface area contributed by atoms with Crippen molar-refractivity contribution in [2.24, 2.45) is 5.73 Å². The minimum Gasteiger partial charge on any atom is -0.478 e. The smallest absolute Gasteiger partial charge is 0.338 e. The lowest BCUT2D eigenvalue weighted by atomic mass is 10.1. The van der Waals surface area contributed by atoms with Gasteiger partial charge in [-0.15, -0.1) is 0 Å². The summed E-state index contributed by atoms with van der Waals surface area (Å²) in [7, 11) is 0. The number of carboxylic acids is 1. The molecule has 0 amide bonds. The Balaban J connectivity index is 3.19. The van der Waals surface area contributed by atoms with Crippen LogP contribution in [0.3, 0.4) is 0 Å². The van der Waals surface area contributed by atoms with Crippen LogP contribution < -0.4 is 5.73 Å². The van der Waals surface area contributed by atoms with Crippen LogP contribution >= 0.6 is 0 Å². The SMILES string of the molecule is CC(N)c1ccc(F)c(C(=O)O)c1. The van der Waals surface area contributed by atoms with Crippen LogP contribution in [-0.4, -0.2) is 11.1 Å². The van der Waals surface area contributed by atoms with Gasteiger partial charge in [-0.3, -0.25) is 0 Å². The molecule has 0 aromatic heterocycles. The number of carbonyl (C=O) groups is 1. The van der Waals surface area contributed by atoms with Crippen LogP contribution in [-0.2, 0) is 0 Å². The van der Waals surface area contributed by atoms with E-state index in [0.29, 0.717) is 5.56 Å². The van der Waals surface area contributed by atoms with E-state index in [0.717, 1.165) is 6.07 Å². The molecule has 0 heterocycles. The normalized spacial score (nSPS) is 12.5. The highest BCUT2D eigenvalue weighted by Crippen LogP contribution is 2.15. The molecule has 1 rings (SSSR count). The molecular formula is C9H10FNO2. The second-order valence-electron chi connectivity index (χ2n) is 2.83. The van der Waals surface area contributed by atoms with Gasteiger partial charge in [0.15, 0.2) is 0 Å². The van der Waals surface area contributed by atoms with Crippen LogP contribution in [0.4, 0.5) is 4.39 Å². The second-order valence-corrected chi connectivity index (χ2v) is 2.83. The Morgan fingerprint density at radius 2 is 2.23 bits per heavy atom. The summed E-state index contributed by atoms with van der Waals surface area (Å²) in [6, 6.07) is 3.55. The van der Waals surface area contributed by atoms with E-state index in [9.17, 15) is 9.18 Å². The minimum absolute atomic E-state index is 0.293. The summed E-state index contributed by atoms with van der Waals surface area (Å²) in [4.78, 5) is 10.5. The number of carboxylic acid groups (broad SMARTS) is 1. The monoisotopic (exact) mass is 183 g/mol. The number of aromatic carboxylic acids is 1. The van der Waals surface area contributed by atoms with E-state index in [1.54, 1.807) is 6.92 Å². The number of benzene rings is 1. The number of hydrogen-bond acceptors (Lipinski definition) is 2. The van der Waals surface area contributed by atoms with E-state index < -0.39 is 11.8 Å². The van der Waals surface area contributed by atoms with E-state index in [1.165, 1.54) is 12.1 Å². The van der Waals surface area contributed by atoms with E-state index in [2.05, 4.69) is 0 Å². The largest absolute Gasteiger partial charge is 0.478 e. The molecule has 0 fully saturated rings. The number of nitrogens with two attached hydrogens (primary N) is 1. The van der Waals surface area contributed by atoms with Gasteiger partial charge in [-0.25, -0.2) is 9.18 Å². The second kappa shape index (κ2) is 3.53. The van der Waals surface area contributed by atoms with Gasteiger partial charge < -0.3 is 10.8 Å². The highest BCUT2D eigenvalue weighted by molar-refractivity contribution is 5.88. The molecule has 3 N–H and O–H groups in total. The van der Waals surface area contributed by atoms with Gasteiger partial charge in [0.1, 0.15) is 5.82 Å². The third kappa shape index (κ3) is 2.03. The molecule has 13 heavy (non-hydrogen) atoms. The molecule has 0 spiro atoms. The van der Waals surface area contributed by atoms with Crippen molar-refractivity contribution >= 4 is 5.97 Å². The lowest BCUT2D eigenvalue weighted by molar-refractivity contribution is 0.0692. The highest BCUT2D eigenvalue weighted by atomic mass is 19.1. The number of hydrogen-bond donors (Lipinski definition) is 2. The first-order valence-electron chi connectivity index (χ1n) is 3.80. The van der Waals surface area contributed by atoms with E-state index in [-0.39, 0.29) is 11.6 Å². The zero-order valence-corrected chi connectivity index (χ0v) is 7.12. The first-order chi connectivity index (χ1) is 6.02. The number of rotatable bonds is 2. The molecule has 0 aliphatic heterocycles. The van der Waals surface area contributed by atoms with Gasteiger partial charge in [-0.1, -0.05) is 6.07 Å². The van der Waals surface area contributed by atoms with Gasteiger partial charge in [-0.2, -0.15) is 0 Å². The molecule has 1 aromatic carbocycles. The van der Waals surface area contributed by atoms with Crippen LogP contribution in [0.1, 0.15) is 28.9 Å². The Bertz CT molecular complexity index is 336. The zero-order valence-electron chi connectivity index (χ0n) is 7.12. The highest BCUT2D eigenvalue weighted by Gasteiger charge is 2.11. The number of halogens is 1. The maximum atomic E-state index is 12.9. The van der Waals surface area contributed by atoms with Crippen molar-refractivity contribution in [2.75, 3.05) is 0 Å². The van der Waals surface area contributed by atoms with Crippen molar-refractivity contribution in [3.8, 4) is 0 Å². The topological polar surface area (TPSA) is 63.3 Å². The van der Waals surface area contributed by atoms with Gasteiger partial charge in [0, 0.05) is 6.04 Å². The summed E-state index contributed by atoms with van der Waals surface area (Å²) in [6.07, 6.45) is 0. The first-order valence-corrected chi connectivity index (χ1v) is 3.80. The summed E-state index contributed by atoms with van der Waals surface area (Å²) >= 11 is 0. The fourth-order valence-electron chi connectivity index (χ4n) is 0.990. The first kappa shape index (κ1) is 9.67. The average Bonchev–Trinajstić information content (AvgIpc) is 2.04. The molecule has 0 bridgehead atoms. The van der Waals surface area contributed by atoms with Crippen molar-refractivity contribution in [2.45, 2.75) is 13.0 Å². The predicted molar refractivity (Wildman–Crippen MR) is 46.0 cm³/mol. The standard InChI is InChI=1S/C9H10FNO2/c1-5(11)6-2-3-8(10)7(4-6)9(12)13/h2-5H,11H2,1H3,(H,12,13). The van der Waals surface area contributed by atoms with Crippen molar-refractivity contribution in [3.63, 3.8) is 0 Å². The Kier molecular flexibility index (Phi) is 2.63. The van der Waals surface area contributed by atoms with Crippen LogP contribution in [0.5, 0.6) is 0 Å². The van der Waals surface area contributed by atoms with E-state index in [4.69, 9.17) is 10.8 Å².